The SMILES string of the molecule is N#CC1CCCCC1n1nc(NCC(F)(F)F)c2c(=O)[nH]ccc21. The quantitative estimate of drug-likeness (QED) is 0.900. The Morgan fingerprint density at radius 2 is 2.17 bits per heavy atom. The third-order valence-electron chi connectivity index (χ3n) is 4.30. The lowest BCUT2D eigenvalue weighted by Gasteiger charge is -2.27. The molecule has 1 aliphatic carbocycles. The number of pyridine rings is 1. The Balaban J connectivity index is 2.07. The lowest BCUT2D eigenvalue weighted by Crippen LogP contribution is -2.24. The number of hydrogen-bond acceptors (Lipinski definition) is 4. The third-order valence-corrected chi connectivity index (χ3v) is 4.30. The zero-order chi connectivity index (χ0) is 17.3. The lowest BCUT2D eigenvalue weighted by molar-refractivity contribution is -0.115. The average Bonchev–Trinajstić information content (AvgIpc) is 2.92. The first-order chi connectivity index (χ1) is 11.4. The first-order valence-electron chi connectivity index (χ1n) is 7.71. The van der Waals surface area contributed by atoms with Crippen LogP contribution in [0.15, 0.2) is 17.1 Å². The minimum atomic E-state index is -4.42. The molecule has 0 amide bonds. The number of halogens is 3. The van der Waals surface area contributed by atoms with Gasteiger partial charge in [-0.05, 0) is 18.9 Å². The van der Waals surface area contributed by atoms with E-state index in [0.29, 0.717) is 11.9 Å². The van der Waals surface area contributed by atoms with Gasteiger partial charge < -0.3 is 10.3 Å². The van der Waals surface area contributed by atoms with Crippen molar-refractivity contribution in [1.29, 1.82) is 5.26 Å². The van der Waals surface area contributed by atoms with Crippen molar-refractivity contribution >= 4 is 16.7 Å². The van der Waals surface area contributed by atoms with E-state index in [4.69, 9.17) is 0 Å². The second-order valence-electron chi connectivity index (χ2n) is 5.92. The van der Waals surface area contributed by atoms with Gasteiger partial charge in [0.1, 0.15) is 11.9 Å². The molecule has 2 unspecified atom stereocenters. The number of nitriles is 1. The lowest BCUT2D eigenvalue weighted by atomic mass is 9.85. The molecule has 1 aliphatic rings. The van der Waals surface area contributed by atoms with E-state index in [1.54, 1.807) is 6.07 Å². The highest BCUT2D eigenvalue weighted by molar-refractivity contribution is 5.89. The topological polar surface area (TPSA) is 86.5 Å². The van der Waals surface area contributed by atoms with Gasteiger partial charge in [-0.2, -0.15) is 23.5 Å². The van der Waals surface area contributed by atoms with Gasteiger partial charge in [0.05, 0.1) is 23.5 Å². The molecule has 2 aromatic rings. The van der Waals surface area contributed by atoms with E-state index < -0.39 is 18.3 Å². The molecule has 0 aromatic carbocycles. The second-order valence-corrected chi connectivity index (χ2v) is 5.92. The van der Waals surface area contributed by atoms with Gasteiger partial charge in [0.15, 0.2) is 5.82 Å². The van der Waals surface area contributed by atoms with E-state index in [-0.39, 0.29) is 23.2 Å². The normalized spacial score (nSPS) is 21.6. The molecule has 24 heavy (non-hydrogen) atoms. The molecular weight excluding hydrogens is 323 g/mol. The molecule has 2 atom stereocenters. The van der Waals surface area contributed by atoms with Crippen LogP contribution in [0.25, 0.3) is 10.9 Å². The largest absolute Gasteiger partial charge is 0.405 e. The van der Waals surface area contributed by atoms with E-state index in [2.05, 4.69) is 21.5 Å². The number of alkyl halides is 3. The molecule has 128 valence electrons. The summed E-state index contributed by atoms with van der Waals surface area (Å²) in [4.78, 5) is 14.5. The molecular formula is C15H16F3N5O. The van der Waals surface area contributed by atoms with Gasteiger partial charge in [-0.1, -0.05) is 12.8 Å². The number of nitrogens with one attached hydrogen (secondary N) is 2. The first kappa shape index (κ1) is 16.4. The summed E-state index contributed by atoms with van der Waals surface area (Å²) in [6, 6.07) is 3.61. The fourth-order valence-electron chi connectivity index (χ4n) is 3.21. The van der Waals surface area contributed by atoms with Crippen LogP contribution in [0.1, 0.15) is 31.7 Å². The van der Waals surface area contributed by atoms with Gasteiger partial charge >= 0.3 is 6.18 Å². The smallest absolute Gasteiger partial charge is 0.359 e. The minimum Gasteiger partial charge on any atom is -0.359 e. The molecule has 0 saturated heterocycles. The van der Waals surface area contributed by atoms with Crippen LogP contribution in [-0.4, -0.2) is 27.5 Å². The number of aromatic nitrogens is 3. The van der Waals surface area contributed by atoms with Crippen LogP contribution in [0.3, 0.4) is 0 Å². The van der Waals surface area contributed by atoms with Crippen molar-refractivity contribution in [2.45, 2.75) is 37.9 Å². The maximum absolute atomic E-state index is 12.5. The Bertz CT molecular complexity index is 832. The monoisotopic (exact) mass is 339 g/mol. The Labute approximate surface area is 135 Å². The Morgan fingerprint density at radius 1 is 1.42 bits per heavy atom. The predicted octanol–water partition coefficient (Wildman–Crippen LogP) is 2.95. The molecule has 2 N–H and O–H groups in total. The molecule has 3 rings (SSSR count). The molecule has 1 saturated carbocycles. The summed E-state index contributed by atoms with van der Waals surface area (Å²) >= 11 is 0. The number of nitrogens with zero attached hydrogens (tertiary/aromatic N) is 3. The van der Waals surface area contributed by atoms with E-state index in [1.807, 2.05) is 0 Å². The molecule has 0 radical (unpaired) electrons. The van der Waals surface area contributed by atoms with Crippen LogP contribution in [0, 0.1) is 17.2 Å². The fraction of sp³-hybridized carbons (Fsp3) is 0.533. The number of hydrogen-bond donors (Lipinski definition) is 2. The summed E-state index contributed by atoms with van der Waals surface area (Å²) < 4.78 is 39.0. The van der Waals surface area contributed by atoms with Gasteiger partial charge in [0.2, 0.25) is 0 Å². The molecule has 9 heteroatoms. The highest BCUT2D eigenvalue weighted by Gasteiger charge is 2.31. The summed E-state index contributed by atoms with van der Waals surface area (Å²) in [6.07, 6.45) is 0.294. The number of fused-ring (bicyclic) bond motifs is 1. The Kier molecular flexibility index (Phi) is 4.22. The van der Waals surface area contributed by atoms with Crippen LogP contribution in [0.4, 0.5) is 19.0 Å². The van der Waals surface area contributed by atoms with E-state index in [1.165, 1.54) is 10.9 Å². The van der Waals surface area contributed by atoms with Crippen molar-refractivity contribution < 1.29 is 13.2 Å². The summed E-state index contributed by atoms with van der Waals surface area (Å²) in [7, 11) is 0. The zero-order valence-corrected chi connectivity index (χ0v) is 12.7. The molecule has 6 nitrogen and oxygen atoms in total. The van der Waals surface area contributed by atoms with E-state index in [9.17, 15) is 23.2 Å². The maximum atomic E-state index is 12.5. The van der Waals surface area contributed by atoms with Gasteiger partial charge in [0, 0.05) is 6.20 Å². The number of aromatic amines is 1. The van der Waals surface area contributed by atoms with Gasteiger partial charge in [0.25, 0.3) is 5.56 Å². The van der Waals surface area contributed by atoms with Crippen molar-refractivity contribution in [3.05, 3.63) is 22.6 Å². The van der Waals surface area contributed by atoms with E-state index >= 15 is 0 Å². The summed E-state index contributed by atoms with van der Waals surface area (Å²) in [5, 5.41) is 15.8. The number of H-pyrrole nitrogens is 1. The molecule has 1 fully saturated rings. The minimum absolute atomic E-state index is 0.0870. The first-order valence-corrected chi connectivity index (χ1v) is 7.71. The molecule has 2 heterocycles. The van der Waals surface area contributed by atoms with Crippen molar-refractivity contribution in [2.24, 2.45) is 5.92 Å². The van der Waals surface area contributed by atoms with Gasteiger partial charge in [-0.25, -0.2) is 0 Å². The predicted molar refractivity (Wildman–Crippen MR) is 81.5 cm³/mol. The highest BCUT2D eigenvalue weighted by atomic mass is 19.4. The molecule has 0 bridgehead atoms. The van der Waals surface area contributed by atoms with Gasteiger partial charge in [-0.15, -0.1) is 0 Å². The van der Waals surface area contributed by atoms with Crippen molar-refractivity contribution in [1.82, 2.24) is 14.8 Å². The Morgan fingerprint density at radius 3 is 2.88 bits per heavy atom. The summed E-state index contributed by atoms with van der Waals surface area (Å²) in [5.74, 6) is -0.372. The van der Waals surface area contributed by atoms with Gasteiger partial charge in [-0.3, -0.25) is 9.48 Å². The Hall–Kier alpha value is -2.50. The standard InChI is InChI=1S/C15H16F3N5O/c16-15(17,18)8-21-13-12-11(5-6-20-14(12)24)23(22-13)10-4-2-1-3-9(10)7-19/h5-6,9-10H,1-4,8H2,(H,20,24)(H,21,22). The van der Waals surface area contributed by atoms with Crippen molar-refractivity contribution in [3.8, 4) is 6.07 Å². The summed E-state index contributed by atoms with van der Waals surface area (Å²) in [6.45, 7) is -1.28. The van der Waals surface area contributed by atoms with Crippen LogP contribution in [0.5, 0.6) is 0 Å². The average molecular weight is 339 g/mol. The van der Waals surface area contributed by atoms with Crippen LogP contribution >= 0.6 is 0 Å². The maximum Gasteiger partial charge on any atom is 0.405 e. The van der Waals surface area contributed by atoms with E-state index in [0.717, 1.165) is 19.3 Å². The third kappa shape index (κ3) is 3.09. The zero-order valence-electron chi connectivity index (χ0n) is 12.7. The molecule has 0 spiro atoms. The molecule has 0 aliphatic heterocycles. The second kappa shape index (κ2) is 6.19. The van der Waals surface area contributed by atoms with Crippen molar-refractivity contribution in [3.63, 3.8) is 0 Å². The highest BCUT2D eigenvalue weighted by Crippen LogP contribution is 2.36. The number of rotatable bonds is 3. The van der Waals surface area contributed by atoms with Crippen molar-refractivity contribution in [2.75, 3.05) is 11.9 Å². The van der Waals surface area contributed by atoms with Crippen LogP contribution in [-0.2, 0) is 0 Å². The van der Waals surface area contributed by atoms with Crippen LogP contribution < -0.4 is 10.9 Å². The number of anilines is 1. The fourth-order valence-corrected chi connectivity index (χ4v) is 3.21. The van der Waals surface area contributed by atoms with Crippen LogP contribution in [0.2, 0.25) is 0 Å². The summed E-state index contributed by atoms with van der Waals surface area (Å²) in [5.41, 5.74) is -0.0664. The molecule has 2 aromatic heterocycles.